The molecule has 0 unspecified atom stereocenters. The minimum Gasteiger partial charge on any atom is -0.496 e. The van der Waals surface area contributed by atoms with Crippen molar-refractivity contribution in [2.24, 2.45) is 0 Å². The number of methoxy groups -OCH3 is 1. The molecule has 0 aliphatic rings. The molecule has 0 fully saturated rings. The topological polar surface area (TPSA) is 35.5 Å². The number of hydrogen-bond donors (Lipinski definition) is 0. The summed E-state index contributed by atoms with van der Waals surface area (Å²) in [7, 11) is 1.64. The molecule has 3 aromatic rings. The summed E-state index contributed by atoms with van der Waals surface area (Å²) in [5.41, 5.74) is 3.76. The molecule has 0 aromatic heterocycles. The first-order valence-electron chi connectivity index (χ1n) is 9.84. The van der Waals surface area contributed by atoms with Crippen molar-refractivity contribution in [2.75, 3.05) is 7.11 Å². The SMILES string of the molecule is COc1ccc(/C=C/C(=O)c2ccc(C(C)C)cc2)cc1COc1ccc(I)cc1. The Balaban J connectivity index is 1.71. The predicted octanol–water partition coefficient (Wildman–Crippen LogP) is 6.90. The van der Waals surface area contributed by atoms with Crippen molar-refractivity contribution in [3.8, 4) is 11.5 Å². The van der Waals surface area contributed by atoms with Gasteiger partial charge in [-0.25, -0.2) is 0 Å². The lowest BCUT2D eigenvalue weighted by Crippen LogP contribution is -1.99. The summed E-state index contributed by atoms with van der Waals surface area (Å²) in [6.45, 7) is 4.66. The van der Waals surface area contributed by atoms with Gasteiger partial charge < -0.3 is 9.47 Å². The van der Waals surface area contributed by atoms with Crippen LogP contribution in [0.2, 0.25) is 0 Å². The molecule has 0 saturated heterocycles. The highest BCUT2D eigenvalue weighted by molar-refractivity contribution is 14.1. The van der Waals surface area contributed by atoms with Crippen LogP contribution >= 0.6 is 22.6 Å². The van der Waals surface area contributed by atoms with Crippen LogP contribution in [0.3, 0.4) is 0 Å². The lowest BCUT2D eigenvalue weighted by atomic mass is 10.00. The molecule has 0 spiro atoms. The average Bonchev–Trinajstić information content (AvgIpc) is 2.77. The van der Waals surface area contributed by atoms with Gasteiger partial charge in [-0.2, -0.15) is 0 Å². The van der Waals surface area contributed by atoms with Gasteiger partial charge in [0.05, 0.1) is 7.11 Å². The number of rotatable bonds is 8. The second kappa shape index (κ2) is 10.4. The quantitative estimate of drug-likeness (QED) is 0.187. The first kappa shape index (κ1) is 22.1. The van der Waals surface area contributed by atoms with E-state index in [9.17, 15) is 4.79 Å². The van der Waals surface area contributed by atoms with E-state index in [0.29, 0.717) is 18.1 Å². The minimum atomic E-state index is -0.0159. The van der Waals surface area contributed by atoms with Crippen LogP contribution in [0.1, 0.15) is 46.8 Å². The number of hydrogen-bond acceptors (Lipinski definition) is 3. The van der Waals surface area contributed by atoms with Crippen LogP contribution in [0.5, 0.6) is 11.5 Å². The Hall–Kier alpha value is -2.60. The zero-order valence-electron chi connectivity index (χ0n) is 17.4. The van der Waals surface area contributed by atoms with Gasteiger partial charge in [0.2, 0.25) is 0 Å². The van der Waals surface area contributed by atoms with E-state index in [1.807, 2.05) is 72.8 Å². The van der Waals surface area contributed by atoms with Crippen LogP contribution in [0, 0.1) is 3.57 Å². The highest BCUT2D eigenvalue weighted by atomic mass is 127. The summed E-state index contributed by atoms with van der Waals surface area (Å²) >= 11 is 2.26. The van der Waals surface area contributed by atoms with Crippen LogP contribution in [0.15, 0.2) is 72.8 Å². The molecule has 0 saturated carbocycles. The van der Waals surface area contributed by atoms with Crippen LogP contribution in [0.25, 0.3) is 6.08 Å². The molecule has 0 radical (unpaired) electrons. The largest absolute Gasteiger partial charge is 0.496 e. The van der Waals surface area contributed by atoms with Gasteiger partial charge in [-0.1, -0.05) is 50.3 Å². The minimum absolute atomic E-state index is 0.0159. The maximum absolute atomic E-state index is 12.5. The number of allylic oxidation sites excluding steroid dienone is 1. The predicted molar refractivity (Wildman–Crippen MR) is 130 cm³/mol. The number of ketones is 1. The molecule has 0 bridgehead atoms. The van der Waals surface area contributed by atoms with E-state index in [0.717, 1.165) is 26.2 Å². The van der Waals surface area contributed by atoms with Crippen LogP contribution in [0.4, 0.5) is 0 Å². The van der Waals surface area contributed by atoms with E-state index < -0.39 is 0 Å². The fourth-order valence-electron chi connectivity index (χ4n) is 3.01. The van der Waals surface area contributed by atoms with E-state index in [1.165, 1.54) is 5.56 Å². The van der Waals surface area contributed by atoms with Gasteiger partial charge in [0.15, 0.2) is 5.78 Å². The molecule has 4 heteroatoms. The summed E-state index contributed by atoms with van der Waals surface area (Å²) in [6, 6.07) is 21.5. The van der Waals surface area contributed by atoms with Gasteiger partial charge in [0, 0.05) is 14.7 Å². The van der Waals surface area contributed by atoms with Crippen molar-refractivity contribution < 1.29 is 14.3 Å². The number of ether oxygens (including phenoxy) is 2. The van der Waals surface area contributed by atoms with Crippen LogP contribution in [-0.2, 0) is 6.61 Å². The van der Waals surface area contributed by atoms with Crippen molar-refractivity contribution in [1.82, 2.24) is 0 Å². The normalized spacial score (nSPS) is 11.1. The van der Waals surface area contributed by atoms with Gasteiger partial charge in [-0.05, 0) is 82.1 Å². The molecule has 0 amide bonds. The highest BCUT2D eigenvalue weighted by Crippen LogP contribution is 2.23. The third-order valence-corrected chi connectivity index (χ3v) is 5.52. The fourth-order valence-corrected chi connectivity index (χ4v) is 3.37. The van der Waals surface area contributed by atoms with E-state index in [4.69, 9.17) is 9.47 Å². The van der Waals surface area contributed by atoms with Crippen molar-refractivity contribution in [3.05, 3.63) is 98.6 Å². The van der Waals surface area contributed by atoms with Gasteiger partial charge >= 0.3 is 0 Å². The second-order valence-electron chi connectivity index (χ2n) is 7.29. The van der Waals surface area contributed by atoms with E-state index >= 15 is 0 Å². The Kier molecular flexibility index (Phi) is 7.69. The molecule has 3 aromatic carbocycles. The summed E-state index contributed by atoms with van der Waals surface area (Å²) in [6.07, 6.45) is 3.43. The second-order valence-corrected chi connectivity index (χ2v) is 8.53. The van der Waals surface area contributed by atoms with Gasteiger partial charge in [-0.15, -0.1) is 0 Å². The summed E-state index contributed by atoms with van der Waals surface area (Å²) in [4.78, 5) is 12.5. The molecule has 30 heavy (non-hydrogen) atoms. The van der Waals surface area contributed by atoms with Crippen molar-refractivity contribution in [1.29, 1.82) is 0 Å². The Bertz CT molecular complexity index is 1020. The van der Waals surface area contributed by atoms with Crippen molar-refractivity contribution >= 4 is 34.5 Å². The van der Waals surface area contributed by atoms with Crippen LogP contribution in [-0.4, -0.2) is 12.9 Å². The zero-order valence-corrected chi connectivity index (χ0v) is 19.6. The molecular weight excluding hydrogens is 487 g/mol. The smallest absolute Gasteiger partial charge is 0.185 e. The first-order valence-corrected chi connectivity index (χ1v) is 10.9. The number of carbonyl (C=O) groups excluding carboxylic acids is 1. The molecular formula is C26H25IO3. The number of benzene rings is 3. The number of halogens is 1. The fraction of sp³-hybridized carbons (Fsp3) is 0.192. The molecule has 3 rings (SSSR count). The van der Waals surface area contributed by atoms with Gasteiger partial charge in [0.25, 0.3) is 0 Å². The lowest BCUT2D eigenvalue weighted by molar-refractivity contribution is 0.104. The maximum Gasteiger partial charge on any atom is 0.185 e. The van der Waals surface area contributed by atoms with Gasteiger partial charge in [0.1, 0.15) is 18.1 Å². The van der Waals surface area contributed by atoms with Crippen molar-refractivity contribution in [2.45, 2.75) is 26.4 Å². The maximum atomic E-state index is 12.5. The molecule has 0 atom stereocenters. The molecule has 0 aliphatic heterocycles. The average molecular weight is 512 g/mol. The van der Waals surface area contributed by atoms with Gasteiger partial charge in [-0.3, -0.25) is 4.79 Å². The Labute approximate surface area is 191 Å². The third kappa shape index (κ3) is 5.95. The standard InChI is InChI=1S/C26H25IO3/c1-18(2)20-6-8-21(9-7-20)25(28)14-4-19-5-15-26(29-3)22(16-19)17-30-24-12-10-23(27)11-13-24/h4-16,18H,17H2,1-3H3/b14-4+. The first-order chi connectivity index (χ1) is 14.5. The van der Waals surface area contributed by atoms with E-state index in [2.05, 4.69) is 36.4 Å². The highest BCUT2D eigenvalue weighted by Gasteiger charge is 2.07. The summed E-state index contributed by atoms with van der Waals surface area (Å²) in [5.74, 6) is 1.99. The summed E-state index contributed by atoms with van der Waals surface area (Å²) in [5, 5.41) is 0. The molecule has 154 valence electrons. The van der Waals surface area contributed by atoms with E-state index in [-0.39, 0.29) is 5.78 Å². The molecule has 0 heterocycles. The molecule has 3 nitrogen and oxygen atoms in total. The summed E-state index contributed by atoms with van der Waals surface area (Å²) < 4.78 is 12.5. The molecule has 0 N–H and O–H groups in total. The zero-order chi connectivity index (χ0) is 21.5. The Morgan fingerprint density at radius 1 is 1.00 bits per heavy atom. The molecule has 0 aliphatic carbocycles. The van der Waals surface area contributed by atoms with E-state index in [1.54, 1.807) is 13.2 Å². The van der Waals surface area contributed by atoms with Crippen LogP contribution < -0.4 is 9.47 Å². The third-order valence-electron chi connectivity index (χ3n) is 4.80. The lowest BCUT2D eigenvalue weighted by Gasteiger charge is -2.11. The Morgan fingerprint density at radius 2 is 1.70 bits per heavy atom. The monoisotopic (exact) mass is 512 g/mol. The number of carbonyl (C=O) groups is 1. The van der Waals surface area contributed by atoms with Crippen molar-refractivity contribution in [3.63, 3.8) is 0 Å². The Morgan fingerprint density at radius 3 is 2.33 bits per heavy atom.